The number of hydrogen-bond acceptors (Lipinski definition) is 6. The van der Waals surface area contributed by atoms with E-state index in [2.05, 4.69) is 15.4 Å². The van der Waals surface area contributed by atoms with Gasteiger partial charge in [-0.3, -0.25) is 0 Å². The molecule has 0 spiro atoms. The van der Waals surface area contributed by atoms with E-state index in [1.54, 1.807) is 18.3 Å². The fraction of sp³-hybridized carbons (Fsp3) is 0.235. The van der Waals surface area contributed by atoms with Crippen LogP contribution in [0.2, 0.25) is 0 Å². The molecule has 2 aromatic heterocycles. The molecule has 0 saturated heterocycles. The first-order valence-corrected chi connectivity index (χ1v) is 7.82. The topological polar surface area (TPSA) is 77.8 Å². The smallest absolute Gasteiger partial charge is 0.343 e. The van der Waals surface area contributed by atoms with Gasteiger partial charge in [0, 0.05) is 11.8 Å². The lowest BCUT2D eigenvalue weighted by atomic mass is 10.1. The van der Waals surface area contributed by atoms with Crippen molar-refractivity contribution in [3.63, 3.8) is 0 Å². The summed E-state index contributed by atoms with van der Waals surface area (Å²) in [5.41, 5.74) is 1.32. The van der Waals surface area contributed by atoms with Gasteiger partial charge in [0.05, 0.1) is 12.2 Å². The Bertz CT molecular complexity index is 956. The molecule has 0 saturated carbocycles. The molecule has 25 heavy (non-hydrogen) atoms. The number of rotatable bonds is 0. The molecule has 128 valence electrons. The van der Waals surface area contributed by atoms with Crippen LogP contribution in [0.5, 0.6) is 5.75 Å². The maximum Gasteiger partial charge on any atom is 0.343 e. The summed E-state index contributed by atoms with van der Waals surface area (Å²) in [6.45, 7) is 2.10. The highest BCUT2D eigenvalue weighted by atomic mass is 19.1. The van der Waals surface area contributed by atoms with Gasteiger partial charge in [0.2, 0.25) is 0 Å². The van der Waals surface area contributed by atoms with Crippen LogP contribution in [0.4, 0.5) is 10.2 Å². The fourth-order valence-corrected chi connectivity index (χ4v) is 2.75. The third-order valence-electron chi connectivity index (χ3n) is 3.97. The first kappa shape index (κ1) is 15.4. The number of aromatic nitrogens is 3. The Hall–Kier alpha value is -3.16. The average Bonchev–Trinajstić information content (AvgIpc) is 3.02. The van der Waals surface area contributed by atoms with E-state index < -0.39 is 5.97 Å². The third-order valence-corrected chi connectivity index (χ3v) is 3.97. The van der Waals surface area contributed by atoms with Crippen LogP contribution in [-0.2, 0) is 4.74 Å². The number of fused-ring (bicyclic) bond motifs is 2. The van der Waals surface area contributed by atoms with Crippen molar-refractivity contribution in [2.24, 2.45) is 0 Å². The van der Waals surface area contributed by atoms with Crippen molar-refractivity contribution in [2.75, 3.05) is 18.5 Å². The third kappa shape index (κ3) is 2.86. The number of nitrogens with one attached hydrogen (secondary N) is 1. The summed E-state index contributed by atoms with van der Waals surface area (Å²) < 4.78 is 26.1. The van der Waals surface area contributed by atoms with Crippen molar-refractivity contribution in [3.05, 3.63) is 53.6 Å². The summed E-state index contributed by atoms with van der Waals surface area (Å²) in [5.74, 6) is 0.188. The van der Waals surface area contributed by atoms with Gasteiger partial charge in [0.25, 0.3) is 0 Å². The minimum absolute atomic E-state index is 0.0640. The maximum atomic E-state index is 13.7. The first-order chi connectivity index (χ1) is 12.1. The Morgan fingerprint density at radius 3 is 3.00 bits per heavy atom. The molecule has 0 amide bonds. The van der Waals surface area contributed by atoms with Crippen molar-refractivity contribution >= 4 is 17.4 Å². The molecule has 0 radical (unpaired) electrons. The van der Waals surface area contributed by atoms with Gasteiger partial charge in [-0.2, -0.15) is 5.10 Å². The second kappa shape index (κ2) is 6.04. The van der Waals surface area contributed by atoms with Gasteiger partial charge in [-0.15, -0.1) is 0 Å². The van der Waals surface area contributed by atoms with E-state index in [1.807, 2.05) is 6.92 Å². The predicted octanol–water partition coefficient (Wildman–Crippen LogP) is 2.59. The van der Waals surface area contributed by atoms with E-state index in [4.69, 9.17) is 9.47 Å². The summed E-state index contributed by atoms with van der Waals surface area (Å²) in [6.07, 6.45) is 3.11. The van der Waals surface area contributed by atoms with E-state index in [-0.39, 0.29) is 30.6 Å². The molecule has 4 rings (SSSR count). The van der Waals surface area contributed by atoms with Gasteiger partial charge in [-0.05, 0) is 31.2 Å². The molecule has 0 fully saturated rings. The SMILES string of the molecule is CC1Nc2ccn3ncc(c3n2)C(=O)OCCOc2ccc(F)cc21. The Balaban J connectivity index is 1.80. The molecule has 3 heterocycles. The molecule has 1 atom stereocenters. The average molecular weight is 342 g/mol. The van der Waals surface area contributed by atoms with Gasteiger partial charge in [-0.25, -0.2) is 18.7 Å². The number of benzene rings is 1. The quantitative estimate of drug-likeness (QED) is 0.633. The molecule has 8 heteroatoms. The number of esters is 1. The summed E-state index contributed by atoms with van der Waals surface area (Å²) >= 11 is 0. The van der Waals surface area contributed by atoms with Gasteiger partial charge in [0.1, 0.15) is 36.2 Å². The molecule has 1 unspecified atom stereocenters. The maximum absolute atomic E-state index is 13.7. The highest BCUT2D eigenvalue weighted by Gasteiger charge is 2.19. The largest absolute Gasteiger partial charge is 0.490 e. The summed E-state index contributed by atoms with van der Waals surface area (Å²) in [5, 5.41) is 7.30. The van der Waals surface area contributed by atoms with Crippen molar-refractivity contribution in [3.8, 4) is 5.75 Å². The zero-order valence-electron chi connectivity index (χ0n) is 13.4. The van der Waals surface area contributed by atoms with Gasteiger partial charge in [-0.1, -0.05) is 0 Å². The second-order valence-corrected chi connectivity index (χ2v) is 5.67. The fourth-order valence-electron chi connectivity index (χ4n) is 2.75. The molecule has 1 aliphatic rings. The second-order valence-electron chi connectivity index (χ2n) is 5.67. The normalized spacial score (nSPS) is 17.5. The van der Waals surface area contributed by atoms with E-state index in [9.17, 15) is 9.18 Å². The number of anilines is 1. The molecular formula is C17H15FN4O3. The number of carbonyl (C=O) groups excluding carboxylic acids is 1. The lowest BCUT2D eigenvalue weighted by Gasteiger charge is -2.19. The predicted molar refractivity (Wildman–Crippen MR) is 87.2 cm³/mol. The van der Waals surface area contributed by atoms with E-state index in [1.165, 1.54) is 22.8 Å². The van der Waals surface area contributed by atoms with Crippen LogP contribution in [0.3, 0.4) is 0 Å². The highest BCUT2D eigenvalue weighted by molar-refractivity contribution is 5.95. The van der Waals surface area contributed by atoms with E-state index in [0.717, 1.165) is 0 Å². The number of nitrogens with zero attached hydrogens (tertiary/aromatic N) is 3. The van der Waals surface area contributed by atoms with Crippen LogP contribution >= 0.6 is 0 Å². The van der Waals surface area contributed by atoms with Crippen LogP contribution in [0, 0.1) is 5.82 Å². The van der Waals surface area contributed by atoms with Crippen LogP contribution < -0.4 is 10.1 Å². The summed E-state index contributed by atoms with van der Waals surface area (Å²) in [6, 6.07) is 5.78. The molecular weight excluding hydrogens is 327 g/mol. The molecule has 1 aromatic carbocycles. The first-order valence-electron chi connectivity index (χ1n) is 7.82. The van der Waals surface area contributed by atoms with Crippen molar-refractivity contribution in [1.29, 1.82) is 0 Å². The zero-order chi connectivity index (χ0) is 17.4. The molecule has 1 N–H and O–H groups in total. The minimum Gasteiger partial charge on any atom is -0.490 e. The number of hydrogen-bond donors (Lipinski definition) is 1. The minimum atomic E-state index is -0.519. The summed E-state index contributed by atoms with van der Waals surface area (Å²) in [7, 11) is 0. The highest BCUT2D eigenvalue weighted by Crippen LogP contribution is 2.29. The van der Waals surface area contributed by atoms with Gasteiger partial charge >= 0.3 is 5.97 Å². The monoisotopic (exact) mass is 342 g/mol. The number of halogens is 1. The van der Waals surface area contributed by atoms with Crippen LogP contribution in [0.25, 0.3) is 5.65 Å². The number of ether oxygens (including phenoxy) is 2. The Labute approximate surface area is 142 Å². The van der Waals surface area contributed by atoms with Crippen LogP contribution in [0.1, 0.15) is 28.9 Å². The van der Waals surface area contributed by atoms with Crippen LogP contribution in [-0.4, -0.2) is 33.8 Å². The van der Waals surface area contributed by atoms with Gasteiger partial charge in [0.15, 0.2) is 5.65 Å². The standard InChI is InChI=1S/C17H15FN4O3/c1-10-12-8-11(18)2-3-14(12)24-6-7-25-17(23)13-9-19-22-5-4-15(20-10)21-16(13)22/h2-5,8-10H,6-7H2,1H3,(H,20,21). The number of cyclic esters (lactones) is 1. The number of carbonyl (C=O) groups is 1. The summed E-state index contributed by atoms with van der Waals surface area (Å²) in [4.78, 5) is 16.6. The lowest BCUT2D eigenvalue weighted by Crippen LogP contribution is -2.13. The van der Waals surface area contributed by atoms with E-state index >= 15 is 0 Å². The zero-order valence-corrected chi connectivity index (χ0v) is 13.4. The van der Waals surface area contributed by atoms with Gasteiger partial charge < -0.3 is 14.8 Å². The Morgan fingerprint density at radius 2 is 2.12 bits per heavy atom. The molecule has 7 nitrogen and oxygen atoms in total. The molecule has 2 bridgehead atoms. The lowest BCUT2D eigenvalue weighted by molar-refractivity contribution is 0.0452. The van der Waals surface area contributed by atoms with Crippen LogP contribution in [0.15, 0.2) is 36.7 Å². The van der Waals surface area contributed by atoms with Crippen molar-refractivity contribution in [1.82, 2.24) is 14.6 Å². The molecule has 0 aliphatic carbocycles. The Kier molecular flexibility index (Phi) is 3.72. The van der Waals surface area contributed by atoms with E-state index in [0.29, 0.717) is 22.8 Å². The van der Waals surface area contributed by atoms with Crippen molar-refractivity contribution in [2.45, 2.75) is 13.0 Å². The molecule has 3 aromatic rings. The molecule has 1 aliphatic heterocycles. The van der Waals surface area contributed by atoms with Crippen molar-refractivity contribution < 1.29 is 18.7 Å². The Morgan fingerprint density at radius 1 is 1.28 bits per heavy atom.